The van der Waals surface area contributed by atoms with Gasteiger partial charge in [0, 0.05) is 19.6 Å². The van der Waals surface area contributed by atoms with Crippen LogP contribution < -0.4 is 0 Å². The van der Waals surface area contributed by atoms with E-state index in [1.807, 2.05) is 32.8 Å². The summed E-state index contributed by atoms with van der Waals surface area (Å²) in [5, 5.41) is 0. The van der Waals surface area contributed by atoms with Crippen LogP contribution in [0.1, 0.15) is 13.8 Å². The van der Waals surface area contributed by atoms with Crippen LogP contribution in [0.4, 0.5) is 4.79 Å². The topological polar surface area (TPSA) is 32.8 Å². The summed E-state index contributed by atoms with van der Waals surface area (Å²) in [6, 6.07) is 0. The Morgan fingerprint density at radius 3 is 2.00 bits per heavy atom. The predicted octanol–water partition coefficient (Wildman–Crippen LogP) is 1.02. The largest absolute Gasteiger partial charge is 0.447 e. The Morgan fingerprint density at radius 2 is 1.69 bits per heavy atom. The van der Waals surface area contributed by atoms with Crippen molar-refractivity contribution in [3.05, 3.63) is 0 Å². The Balaban J connectivity index is 3.95. The fourth-order valence-corrected chi connectivity index (χ4v) is 0.497. The van der Waals surface area contributed by atoms with E-state index in [-0.39, 0.29) is 11.6 Å². The first-order valence-corrected chi connectivity index (χ1v) is 4.29. The van der Waals surface area contributed by atoms with E-state index in [4.69, 9.17) is 4.74 Å². The van der Waals surface area contributed by atoms with Gasteiger partial charge >= 0.3 is 6.09 Å². The summed E-state index contributed by atoms with van der Waals surface area (Å²) in [4.78, 5) is 14.5. The van der Waals surface area contributed by atoms with Crippen molar-refractivity contribution in [3.63, 3.8) is 0 Å². The number of nitrogens with zero attached hydrogens (tertiary/aromatic N) is 2. The molecule has 13 heavy (non-hydrogen) atoms. The zero-order valence-corrected chi connectivity index (χ0v) is 9.42. The molecule has 1 amide bonds. The molecule has 4 nitrogen and oxygen atoms in total. The van der Waals surface area contributed by atoms with E-state index < -0.39 is 0 Å². The Bertz CT molecular complexity index is 176. The number of carbonyl (C=O) groups is 1. The lowest BCUT2D eigenvalue weighted by Gasteiger charge is -2.32. The molecule has 0 atom stereocenters. The highest BCUT2D eigenvalue weighted by Gasteiger charge is 2.22. The molecule has 0 aromatic carbocycles. The minimum Gasteiger partial charge on any atom is -0.447 e. The van der Waals surface area contributed by atoms with Crippen molar-refractivity contribution in [1.82, 2.24) is 9.80 Å². The minimum atomic E-state index is -0.296. The maximum Gasteiger partial charge on any atom is 0.409 e. The Labute approximate surface area is 80.5 Å². The summed E-state index contributed by atoms with van der Waals surface area (Å²) in [5.41, 5.74) is -0.119. The summed E-state index contributed by atoms with van der Waals surface area (Å²) in [5.74, 6) is 0. The van der Waals surface area contributed by atoms with Gasteiger partial charge in [-0.2, -0.15) is 0 Å². The molecule has 0 rings (SSSR count). The van der Waals surface area contributed by atoms with E-state index in [1.54, 1.807) is 14.1 Å². The molecule has 0 heterocycles. The first-order valence-electron chi connectivity index (χ1n) is 4.29. The highest BCUT2D eigenvalue weighted by atomic mass is 16.6. The van der Waals surface area contributed by atoms with Crippen LogP contribution in [-0.4, -0.2) is 56.2 Å². The third-order valence-corrected chi connectivity index (χ3v) is 2.12. The fourth-order valence-electron chi connectivity index (χ4n) is 0.497. The molecule has 0 fully saturated rings. The summed E-state index contributed by atoms with van der Waals surface area (Å²) in [6.45, 7) is 4.45. The van der Waals surface area contributed by atoms with Crippen LogP contribution in [0, 0.1) is 0 Å². The van der Waals surface area contributed by atoms with Crippen LogP contribution in [0.2, 0.25) is 0 Å². The van der Waals surface area contributed by atoms with Gasteiger partial charge in [0.1, 0.15) is 6.61 Å². The number of rotatable bonds is 3. The van der Waals surface area contributed by atoms with E-state index in [9.17, 15) is 4.79 Å². The van der Waals surface area contributed by atoms with Crippen molar-refractivity contribution in [2.24, 2.45) is 0 Å². The molecular formula is C9H20N2O2. The minimum absolute atomic E-state index is 0.119. The Kier molecular flexibility index (Phi) is 4.20. The maximum absolute atomic E-state index is 11.1. The molecule has 0 unspecified atom stereocenters. The van der Waals surface area contributed by atoms with Crippen molar-refractivity contribution in [2.75, 3.05) is 34.8 Å². The van der Waals surface area contributed by atoms with E-state index in [0.29, 0.717) is 6.61 Å². The Hall–Kier alpha value is -0.770. The molecule has 0 aromatic heterocycles. The monoisotopic (exact) mass is 188 g/mol. The number of likely N-dealkylation sites (N-methyl/N-ethyl adjacent to an activating group) is 1. The van der Waals surface area contributed by atoms with Gasteiger partial charge in [0.05, 0.1) is 0 Å². The molecule has 0 aliphatic rings. The third-order valence-electron chi connectivity index (χ3n) is 2.12. The zero-order valence-electron chi connectivity index (χ0n) is 9.42. The first kappa shape index (κ1) is 12.2. The molecule has 0 spiro atoms. The molecule has 0 aromatic rings. The van der Waals surface area contributed by atoms with Crippen LogP contribution in [0.3, 0.4) is 0 Å². The van der Waals surface area contributed by atoms with Gasteiger partial charge in [-0.3, -0.25) is 0 Å². The van der Waals surface area contributed by atoms with Crippen molar-refractivity contribution >= 4 is 6.09 Å². The van der Waals surface area contributed by atoms with Gasteiger partial charge < -0.3 is 14.5 Å². The molecule has 0 aliphatic carbocycles. The molecule has 4 heteroatoms. The average molecular weight is 188 g/mol. The van der Waals surface area contributed by atoms with Gasteiger partial charge in [0.2, 0.25) is 0 Å². The van der Waals surface area contributed by atoms with Crippen LogP contribution in [0.15, 0.2) is 0 Å². The van der Waals surface area contributed by atoms with Gasteiger partial charge in [-0.15, -0.1) is 0 Å². The van der Waals surface area contributed by atoms with Crippen LogP contribution in [-0.2, 0) is 4.74 Å². The van der Waals surface area contributed by atoms with Crippen LogP contribution >= 0.6 is 0 Å². The Morgan fingerprint density at radius 1 is 1.23 bits per heavy atom. The van der Waals surface area contributed by atoms with Crippen LogP contribution in [0.5, 0.6) is 0 Å². The van der Waals surface area contributed by atoms with Crippen molar-refractivity contribution in [3.8, 4) is 0 Å². The number of amides is 1. The molecule has 78 valence electrons. The molecule has 0 saturated heterocycles. The first-order chi connectivity index (χ1) is 5.77. The van der Waals surface area contributed by atoms with E-state index in [1.165, 1.54) is 4.90 Å². The fraction of sp³-hybridized carbons (Fsp3) is 0.889. The molecule has 0 radical (unpaired) electrons. The van der Waals surface area contributed by atoms with Gasteiger partial charge in [0.25, 0.3) is 0 Å². The second-order valence-corrected chi connectivity index (χ2v) is 4.16. The smallest absolute Gasteiger partial charge is 0.409 e. The summed E-state index contributed by atoms with van der Waals surface area (Å²) in [7, 11) is 7.27. The van der Waals surface area contributed by atoms with Crippen LogP contribution in [0.25, 0.3) is 0 Å². The zero-order chi connectivity index (χ0) is 10.6. The van der Waals surface area contributed by atoms with E-state index in [0.717, 1.165) is 0 Å². The highest BCUT2D eigenvalue weighted by Crippen LogP contribution is 2.10. The maximum atomic E-state index is 11.1. The second kappa shape index (κ2) is 4.46. The standard InChI is InChI=1S/C9H20N2O2/c1-9(2,11(5)6)7-13-8(12)10(3)4/h7H2,1-6H3. The number of carbonyl (C=O) groups excluding carboxylic acids is 1. The molecular weight excluding hydrogens is 168 g/mol. The molecule has 0 bridgehead atoms. The third kappa shape index (κ3) is 4.12. The highest BCUT2D eigenvalue weighted by molar-refractivity contribution is 5.66. The molecule has 0 aliphatic heterocycles. The number of hydrogen-bond donors (Lipinski definition) is 0. The molecule has 0 N–H and O–H groups in total. The van der Waals surface area contributed by atoms with Crippen molar-refractivity contribution in [1.29, 1.82) is 0 Å². The van der Waals surface area contributed by atoms with E-state index in [2.05, 4.69) is 0 Å². The normalized spacial score (nSPS) is 11.6. The lowest BCUT2D eigenvalue weighted by molar-refractivity contribution is 0.0558. The lowest BCUT2D eigenvalue weighted by atomic mass is 10.1. The average Bonchev–Trinajstić information content (AvgIpc) is 1.99. The van der Waals surface area contributed by atoms with Crippen molar-refractivity contribution < 1.29 is 9.53 Å². The second-order valence-electron chi connectivity index (χ2n) is 4.16. The number of hydrogen-bond acceptors (Lipinski definition) is 3. The van der Waals surface area contributed by atoms with Gasteiger partial charge in [-0.25, -0.2) is 4.79 Å². The summed E-state index contributed by atoms with van der Waals surface area (Å²) < 4.78 is 5.07. The quantitative estimate of drug-likeness (QED) is 0.663. The number of ether oxygens (including phenoxy) is 1. The van der Waals surface area contributed by atoms with Gasteiger partial charge in [0.15, 0.2) is 0 Å². The predicted molar refractivity (Wildman–Crippen MR) is 52.8 cm³/mol. The van der Waals surface area contributed by atoms with Gasteiger partial charge in [-0.1, -0.05) is 0 Å². The van der Waals surface area contributed by atoms with Crippen molar-refractivity contribution in [2.45, 2.75) is 19.4 Å². The SMILES string of the molecule is CN(C)C(=O)OCC(C)(C)N(C)C. The summed E-state index contributed by atoms with van der Waals surface area (Å²) in [6.07, 6.45) is -0.296. The van der Waals surface area contributed by atoms with E-state index >= 15 is 0 Å². The molecule has 0 saturated carbocycles. The summed E-state index contributed by atoms with van der Waals surface area (Å²) >= 11 is 0. The van der Waals surface area contributed by atoms with Gasteiger partial charge in [-0.05, 0) is 27.9 Å². The lowest BCUT2D eigenvalue weighted by Crippen LogP contribution is -2.43.